The lowest BCUT2D eigenvalue weighted by Crippen LogP contribution is -2.19. The van der Waals surface area contributed by atoms with Crippen molar-refractivity contribution in [1.82, 2.24) is 0 Å². The molecule has 6 aromatic rings. The monoisotopic (exact) mass is 500 g/mol. The van der Waals surface area contributed by atoms with E-state index in [0.717, 1.165) is 0 Å². The highest BCUT2D eigenvalue weighted by Crippen LogP contribution is 2.41. The van der Waals surface area contributed by atoms with Crippen LogP contribution in [0.3, 0.4) is 0 Å². The fourth-order valence-electron chi connectivity index (χ4n) is 5.48. The maximum absolute atomic E-state index is 2.39. The van der Waals surface area contributed by atoms with Crippen molar-refractivity contribution in [2.45, 2.75) is 19.3 Å². The average molecular weight is 501 g/mol. The van der Waals surface area contributed by atoms with Crippen LogP contribution in [-0.2, 0) is 5.41 Å². The molecule has 0 spiro atoms. The molecule has 0 unspecified atom stereocenters. The van der Waals surface area contributed by atoms with Gasteiger partial charge in [-0.15, -0.1) is 0 Å². The molecule has 0 N–H and O–H groups in total. The van der Waals surface area contributed by atoms with Crippen molar-refractivity contribution in [3.63, 3.8) is 0 Å². The molecule has 0 aliphatic heterocycles. The normalized spacial score (nSPS) is 11.3. The molecule has 0 amide bonds. The quantitative estimate of drug-likeness (QED) is 0.213. The van der Waals surface area contributed by atoms with Crippen LogP contribution in [-0.4, -0.2) is 0 Å². The predicted molar refractivity (Wildman–Crippen MR) is 167 cm³/mol. The molecule has 0 saturated heterocycles. The highest BCUT2D eigenvalue weighted by molar-refractivity contribution is 5.86. The molecular formula is C39H32. The standard InChI is InChI=1S/C39H32/c1-39(2,33-23-25-35(29-15-7-3-8-16-29)37(27-33)31-19-11-5-12-20-31)34-24-26-36(30-17-9-4-10-18-30)38(28-34)32-21-13-6-14-22-32/h3-28H,1-2H3. The number of hydrogen-bond acceptors (Lipinski definition) is 0. The second-order valence-electron chi connectivity index (χ2n) is 10.6. The Balaban J connectivity index is 1.50. The van der Waals surface area contributed by atoms with Gasteiger partial charge in [0.1, 0.15) is 0 Å². The van der Waals surface area contributed by atoms with Crippen molar-refractivity contribution >= 4 is 0 Å². The summed E-state index contributed by atoms with van der Waals surface area (Å²) in [6.45, 7) is 4.68. The molecule has 0 saturated carbocycles. The summed E-state index contributed by atoms with van der Waals surface area (Å²) < 4.78 is 0. The first-order chi connectivity index (χ1) is 19.1. The van der Waals surface area contributed by atoms with Crippen molar-refractivity contribution in [2.75, 3.05) is 0 Å². The van der Waals surface area contributed by atoms with Crippen LogP contribution < -0.4 is 0 Å². The third-order valence-electron chi connectivity index (χ3n) is 7.82. The molecule has 188 valence electrons. The van der Waals surface area contributed by atoms with Gasteiger partial charge in [-0.1, -0.05) is 159 Å². The van der Waals surface area contributed by atoms with Crippen LogP contribution >= 0.6 is 0 Å². The van der Waals surface area contributed by atoms with Gasteiger partial charge < -0.3 is 0 Å². The van der Waals surface area contributed by atoms with Crippen molar-refractivity contribution in [3.8, 4) is 44.5 Å². The first-order valence-electron chi connectivity index (χ1n) is 13.6. The van der Waals surface area contributed by atoms with Gasteiger partial charge in [-0.2, -0.15) is 0 Å². The van der Waals surface area contributed by atoms with Crippen LogP contribution in [0.25, 0.3) is 44.5 Å². The summed E-state index contributed by atoms with van der Waals surface area (Å²) in [5.74, 6) is 0. The van der Waals surface area contributed by atoms with Crippen molar-refractivity contribution in [3.05, 3.63) is 169 Å². The first-order valence-corrected chi connectivity index (χ1v) is 13.6. The number of hydrogen-bond donors (Lipinski definition) is 0. The smallest absolute Gasteiger partial charge is 0.0147 e. The number of benzene rings is 6. The molecule has 0 atom stereocenters. The Kier molecular flexibility index (Phi) is 6.69. The third-order valence-corrected chi connectivity index (χ3v) is 7.82. The number of rotatable bonds is 6. The van der Waals surface area contributed by atoms with Crippen LogP contribution in [0.1, 0.15) is 25.0 Å². The molecule has 39 heavy (non-hydrogen) atoms. The van der Waals surface area contributed by atoms with E-state index in [1.165, 1.54) is 55.6 Å². The summed E-state index contributed by atoms with van der Waals surface area (Å²) in [6, 6.07) is 56.9. The largest absolute Gasteiger partial charge is 0.0622 e. The van der Waals surface area contributed by atoms with Crippen molar-refractivity contribution < 1.29 is 0 Å². The minimum atomic E-state index is -0.197. The van der Waals surface area contributed by atoms with Gasteiger partial charge in [0.15, 0.2) is 0 Å². The minimum Gasteiger partial charge on any atom is -0.0622 e. The Morgan fingerprint density at radius 3 is 0.897 bits per heavy atom. The summed E-state index contributed by atoms with van der Waals surface area (Å²) in [6.07, 6.45) is 0. The van der Waals surface area contributed by atoms with Gasteiger partial charge in [-0.3, -0.25) is 0 Å². The molecule has 0 radical (unpaired) electrons. The Hall–Kier alpha value is -4.68. The average Bonchev–Trinajstić information content (AvgIpc) is 3.02. The maximum Gasteiger partial charge on any atom is 0.0147 e. The van der Waals surface area contributed by atoms with E-state index in [1.54, 1.807) is 0 Å². The van der Waals surface area contributed by atoms with Crippen molar-refractivity contribution in [1.29, 1.82) is 0 Å². The highest BCUT2D eigenvalue weighted by atomic mass is 14.3. The second kappa shape index (κ2) is 10.6. The molecule has 0 fully saturated rings. The zero-order valence-electron chi connectivity index (χ0n) is 22.5. The van der Waals surface area contributed by atoms with E-state index in [1.807, 2.05) is 0 Å². The van der Waals surface area contributed by atoms with Gasteiger partial charge in [-0.05, 0) is 67.8 Å². The van der Waals surface area contributed by atoms with Gasteiger partial charge in [-0.25, -0.2) is 0 Å². The van der Waals surface area contributed by atoms with E-state index in [2.05, 4.69) is 172 Å². The van der Waals surface area contributed by atoms with Crippen LogP contribution in [0, 0.1) is 0 Å². The third kappa shape index (κ3) is 4.94. The van der Waals surface area contributed by atoms with Crippen LogP contribution in [0.2, 0.25) is 0 Å². The SMILES string of the molecule is CC(C)(c1ccc(-c2ccccc2)c(-c2ccccc2)c1)c1ccc(-c2ccccc2)c(-c2ccccc2)c1. The van der Waals surface area contributed by atoms with E-state index >= 15 is 0 Å². The molecule has 6 rings (SSSR count). The molecule has 0 aromatic heterocycles. The Labute approximate surface area is 232 Å². The summed E-state index contributed by atoms with van der Waals surface area (Å²) in [5, 5.41) is 0. The van der Waals surface area contributed by atoms with Crippen LogP contribution in [0.5, 0.6) is 0 Å². The van der Waals surface area contributed by atoms with Gasteiger partial charge in [0.05, 0.1) is 0 Å². The lowest BCUT2D eigenvalue weighted by Gasteiger charge is -2.29. The lowest BCUT2D eigenvalue weighted by molar-refractivity contribution is 0.641. The second-order valence-corrected chi connectivity index (χ2v) is 10.6. The predicted octanol–water partition coefficient (Wildman–Crippen LogP) is 10.7. The Bertz CT molecular complexity index is 1550. The molecular weight excluding hydrogens is 468 g/mol. The summed E-state index contributed by atoms with van der Waals surface area (Å²) in [5.41, 5.74) is 12.4. The van der Waals surface area contributed by atoms with E-state index in [-0.39, 0.29) is 5.41 Å². The molecule has 0 bridgehead atoms. The topological polar surface area (TPSA) is 0 Å². The fourth-order valence-corrected chi connectivity index (χ4v) is 5.48. The summed E-state index contributed by atoms with van der Waals surface area (Å²) in [4.78, 5) is 0. The van der Waals surface area contributed by atoms with E-state index in [9.17, 15) is 0 Å². The first kappa shape index (κ1) is 24.6. The molecule has 0 heterocycles. The molecule has 0 heteroatoms. The highest BCUT2D eigenvalue weighted by Gasteiger charge is 2.26. The van der Waals surface area contributed by atoms with Crippen LogP contribution in [0.4, 0.5) is 0 Å². The van der Waals surface area contributed by atoms with E-state index in [4.69, 9.17) is 0 Å². The molecule has 6 aromatic carbocycles. The van der Waals surface area contributed by atoms with Gasteiger partial charge >= 0.3 is 0 Å². The van der Waals surface area contributed by atoms with Crippen LogP contribution in [0.15, 0.2) is 158 Å². The summed E-state index contributed by atoms with van der Waals surface area (Å²) in [7, 11) is 0. The molecule has 0 aliphatic carbocycles. The lowest BCUT2D eigenvalue weighted by atomic mass is 9.75. The van der Waals surface area contributed by atoms with E-state index < -0.39 is 0 Å². The van der Waals surface area contributed by atoms with Gasteiger partial charge in [0, 0.05) is 5.41 Å². The fraction of sp³-hybridized carbons (Fsp3) is 0.0769. The zero-order chi connectivity index (χ0) is 26.7. The molecule has 0 nitrogen and oxygen atoms in total. The van der Waals surface area contributed by atoms with E-state index in [0.29, 0.717) is 0 Å². The van der Waals surface area contributed by atoms with Gasteiger partial charge in [0.2, 0.25) is 0 Å². The zero-order valence-corrected chi connectivity index (χ0v) is 22.5. The van der Waals surface area contributed by atoms with Crippen molar-refractivity contribution in [2.24, 2.45) is 0 Å². The maximum atomic E-state index is 2.39. The summed E-state index contributed by atoms with van der Waals surface area (Å²) >= 11 is 0. The Morgan fingerprint density at radius 2 is 0.590 bits per heavy atom. The minimum absolute atomic E-state index is 0.197. The molecule has 0 aliphatic rings. The Morgan fingerprint density at radius 1 is 0.308 bits per heavy atom. The van der Waals surface area contributed by atoms with Gasteiger partial charge in [0.25, 0.3) is 0 Å².